The number of hydrazone groups is 1. The molecule has 1 heterocycles. The molecule has 3 aromatic rings. The van der Waals surface area contributed by atoms with E-state index in [1.54, 1.807) is 25.3 Å². The van der Waals surface area contributed by atoms with Crippen molar-refractivity contribution in [3.63, 3.8) is 0 Å². The molecule has 0 aliphatic rings. The topological polar surface area (TPSA) is 82.0 Å². The molecule has 0 spiro atoms. The maximum Gasteiger partial charge on any atom is 0.344 e. The number of nitrogens with one attached hydrogen (secondary N) is 1. The van der Waals surface area contributed by atoms with Crippen molar-refractivity contribution in [1.29, 1.82) is 0 Å². The minimum Gasteiger partial charge on any atom is -0.490 e. The number of hydrogen-bond acceptors (Lipinski definition) is 8. The van der Waals surface area contributed by atoms with Gasteiger partial charge < -0.3 is 14.2 Å². The summed E-state index contributed by atoms with van der Waals surface area (Å²) in [5.41, 5.74) is 5.72. The van der Waals surface area contributed by atoms with Crippen LogP contribution < -0.4 is 14.9 Å². The molecule has 0 saturated heterocycles. The van der Waals surface area contributed by atoms with Gasteiger partial charge in [0.1, 0.15) is 0 Å². The minimum absolute atomic E-state index is 0.170. The third-order valence-electron chi connectivity index (χ3n) is 3.87. The zero-order chi connectivity index (χ0) is 21.2. The number of benzene rings is 2. The summed E-state index contributed by atoms with van der Waals surface area (Å²) in [6, 6.07) is 15.3. The van der Waals surface area contributed by atoms with Gasteiger partial charge in [-0.2, -0.15) is 5.10 Å². The maximum absolute atomic E-state index is 11.5. The molecule has 0 aliphatic heterocycles. The fourth-order valence-corrected chi connectivity index (χ4v) is 3.23. The number of carbonyl (C=O) groups excluding carboxylic acids is 1. The Bertz CT molecular complexity index is 989. The molecule has 7 nitrogen and oxygen atoms in total. The average Bonchev–Trinajstić information content (AvgIpc) is 3.23. The van der Waals surface area contributed by atoms with E-state index in [1.165, 1.54) is 11.3 Å². The fraction of sp³-hybridized carbons (Fsp3) is 0.227. The number of aromatic nitrogens is 1. The molecule has 3 rings (SSSR count). The summed E-state index contributed by atoms with van der Waals surface area (Å²) >= 11 is 1.48. The van der Waals surface area contributed by atoms with Crippen LogP contribution in [0.25, 0.3) is 11.3 Å². The van der Waals surface area contributed by atoms with E-state index >= 15 is 0 Å². The first kappa shape index (κ1) is 21.3. The van der Waals surface area contributed by atoms with Gasteiger partial charge in [-0.1, -0.05) is 30.3 Å². The molecule has 0 fully saturated rings. The summed E-state index contributed by atoms with van der Waals surface area (Å²) in [4.78, 5) is 16.0. The molecular weight excluding hydrogens is 402 g/mol. The van der Waals surface area contributed by atoms with Gasteiger partial charge in [0, 0.05) is 10.9 Å². The van der Waals surface area contributed by atoms with Gasteiger partial charge in [-0.25, -0.2) is 9.78 Å². The van der Waals surface area contributed by atoms with Crippen molar-refractivity contribution < 1.29 is 19.0 Å². The van der Waals surface area contributed by atoms with Gasteiger partial charge in [-0.3, -0.25) is 5.43 Å². The van der Waals surface area contributed by atoms with E-state index in [1.807, 2.05) is 48.7 Å². The van der Waals surface area contributed by atoms with Gasteiger partial charge in [0.25, 0.3) is 0 Å². The summed E-state index contributed by atoms with van der Waals surface area (Å²) in [5, 5.41) is 6.93. The van der Waals surface area contributed by atoms with Crippen molar-refractivity contribution in [1.82, 2.24) is 4.98 Å². The molecule has 0 unspecified atom stereocenters. The normalized spacial score (nSPS) is 10.7. The molecule has 0 atom stereocenters. The highest BCUT2D eigenvalue weighted by Gasteiger charge is 2.09. The zero-order valence-corrected chi connectivity index (χ0v) is 17.6. The molecule has 0 amide bonds. The van der Waals surface area contributed by atoms with Crippen LogP contribution in [0.2, 0.25) is 0 Å². The summed E-state index contributed by atoms with van der Waals surface area (Å²) in [5.74, 6) is 0.585. The summed E-state index contributed by atoms with van der Waals surface area (Å²) < 4.78 is 16.0. The van der Waals surface area contributed by atoms with E-state index in [2.05, 4.69) is 15.5 Å². The molecule has 0 aliphatic carbocycles. The van der Waals surface area contributed by atoms with Crippen LogP contribution in [0.15, 0.2) is 59.0 Å². The van der Waals surface area contributed by atoms with E-state index in [-0.39, 0.29) is 6.61 Å². The van der Waals surface area contributed by atoms with Gasteiger partial charge in [-0.15, -0.1) is 11.3 Å². The lowest BCUT2D eigenvalue weighted by Crippen LogP contribution is -2.15. The predicted octanol–water partition coefficient (Wildman–Crippen LogP) is 4.60. The first-order chi connectivity index (χ1) is 14.7. The molecular formula is C22H23N3O4S. The molecule has 0 radical (unpaired) electrons. The molecule has 8 heteroatoms. The van der Waals surface area contributed by atoms with E-state index in [4.69, 9.17) is 14.2 Å². The Balaban J connectivity index is 1.63. The number of ether oxygens (including phenoxy) is 3. The van der Waals surface area contributed by atoms with Crippen LogP contribution in [0.5, 0.6) is 11.5 Å². The first-order valence-corrected chi connectivity index (χ1v) is 10.4. The van der Waals surface area contributed by atoms with Gasteiger partial charge in [0.2, 0.25) is 5.13 Å². The quantitative estimate of drug-likeness (QED) is 0.290. The number of carbonyl (C=O) groups is 1. The number of thiazole rings is 1. The Morgan fingerprint density at radius 2 is 1.93 bits per heavy atom. The Hall–Kier alpha value is -3.39. The lowest BCUT2D eigenvalue weighted by molar-refractivity contribution is -0.145. The van der Waals surface area contributed by atoms with Crippen molar-refractivity contribution in [2.75, 3.05) is 25.2 Å². The fourth-order valence-electron chi connectivity index (χ4n) is 2.56. The molecule has 1 N–H and O–H groups in total. The van der Waals surface area contributed by atoms with Crippen molar-refractivity contribution in [3.8, 4) is 22.8 Å². The third kappa shape index (κ3) is 6.05. The Kier molecular flexibility index (Phi) is 7.79. The molecule has 0 saturated carbocycles. The Morgan fingerprint density at radius 1 is 1.10 bits per heavy atom. The molecule has 2 aromatic carbocycles. The SMILES string of the molecule is CCOC(=O)COc1ccc(C=NNc2nc(-c3ccccc3)cs2)cc1OCC. The lowest BCUT2D eigenvalue weighted by atomic mass is 10.2. The number of rotatable bonds is 10. The number of hydrogen-bond donors (Lipinski definition) is 1. The number of esters is 1. The Labute approximate surface area is 179 Å². The van der Waals surface area contributed by atoms with Gasteiger partial charge in [0.15, 0.2) is 18.1 Å². The van der Waals surface area contributed by atoms with Crippen molar-refractivity contribution in [3.05, 3.63) is 59.5 Å². The molecule has 156 valence electrons. The second-order valence-electron chi connectivity index (χ2n) is 6.01. The Morgan fingerprint density at radius 3 is 2.70 bits per heavy atom. The second kappa shape index (κ2) is 11.0. The van der Waals surface area contributed by atoms with Crippen molar-refractivity contribution in [2.24, 2.45) is 5.10 Å². The number of nitrogens with zero attached hydrogens (tertiary/aromatic N) is 2. The standard InChI is InChI=1S/C22H23N3O4S/c1-3-27-20-12-16(10-11-19(20)29-14-21(26)28-4-2)13-23-25-22-24-18(15-30-22)17-8-6-5-7-9-17/h5-13,15H,3-4,14H2,1-2H3,(H,24,25). The monoisotopic (exact) mass is 425 g/mol. The highest BCUT2D eigenvalue weighted by atomic mass is 32.1. The third-order valence-corrected chi connectivity index (χ3v) is 4.61. The maximum atomic E-state index is 11.5. The average molecular weight is 426 g/mol. The zero-order valence-electron chi connectivity index (χ0n) is 16.8. The van der Waals surface area contributed by atoms with Crippen LogP contribution in [-0.2, 0) is 9.53 Å². The van der Waals surface area contributed by atoms with E-state index in [0.29, 0.717) is 29.8 Å². The highest BCUT2D eigenvalue weighted by Crippen LogP contribution is 2.28. The predicted molar refractivity (Wildman–Crippen MR) is 119 cm³/mol. The largest absolute Gasteiger partial charge is 0.490 e. The lowest BCUT2D eigenvalue weighted by Gasteiger charge is -2.12. The van der Waals surface area contributed by atoms with E-state index < -0.39 is 5.97 Å². The highest BCUT2D eigenvalue weighted by molar-refractivity contribution is 7.14. The van der Waals surface area contributed by atoms with Crippen molar-refractivity contribution >= 4 is 28.7 Å². The minimum atomic E-state index is -0.423. The van der Waals surface area contributed by atoms with Crippen LogP contribution in [0.3, 0.4) is 0 Å². The smallest absolute Gasteiger partial charge is 0.344 e. The van der Waals surface area contributed by atoms with Gasteiger partial charge >= 0.3 is 5.97 Å². The molecule has 30 heavy (non-hydrogen) atoms. The molecule has 1 aromatic heterocycles. The van der Waals surface area contributed by atoms with Gasteiger partial charge in [-0.05, 0) is 37.6 Å². The second-order valence-corrected chi connectivity index (χ2v) is 6.86. The summed E-state index contributed by atoms with van der Waals surface area (Å²) in [7, 11) is 0. The van der Waals surface area contributed by atoms with E-state index in [9.17, 15) is 4.79 Å². The van der Waals surface area contributed by atoms with Gasteiger partial charge in [0.05, 0.1) is 25.1 Å². The first-order valence-electron chi connectivity index (χ1n) is 9.55. The van der Waals surface area contributed by atoms with Crippen LogP contribution in [0.4, 0.5) is 5.13 Å². The van der Waals surface area contributed by atoms with E-state index in [0.717, 1.165) is 16.8 Å². The van der Waals surface area contributed by atoms with Crippen LogP contribution in [-0.4, -0.2) is 37.0 Å². The van der Waals surface area contributed by atoms with Crippen LogP contribution in [0.1, 0.15) is 19.4 Å². The van der Waals surface area contributed by atoms with Crippen LogP contribution >= 0.6 is 11.3 Å². The molecule has 0 bridgehead atoms. The number of anilines is 1. The summed E-state index contributed by atoms with van der Waals surface area (Å²) in [6.45, 7) is 4.24. The van der Waals surface area contributed by atoms with Crippen LogP contribution in [0, 0.1) is 0 Å². The van der Waals surface area contributed by atoms with Crippen molar-refractivity contribution in [2.45, 2.75) is 13.8 Å². The summed E-state index contributed by atoms with van der Waals surface area (Å²) in [6.07, 6.45) is 1.67.